The molecule has 20 heavy (non-hydrogen) atoms. The number of para-hydroxylation sites is 1. The number of fused-ring (bicyclic) bond motifs is 1. The molecule has 2 heteroatoms. The van der Waals surface area contributed by atoms with Crippen molar-refractivity contribution in [2.45, 2.75) is 19.8 Å². The standard InChI is InChI=1S/C18H17NS/c1-14(11-12-15-7-3-2-4-8-15)13-18-19-16-9-5-6-10-17(16)20-18/h2-10,13H,11-12H2,1H3/b14-13+. The van der Waals surface area contributed by atoms with Crippen LogP contribution in [0.1, 0.15) is 23.9 Å². The Balaban J connectivity index is 1.71. The van der Waals surface area contributed by atoms with Gasteiger partial charge in [0.2, 0.25) is 0 Å². The average Bonchev–Trinajstić information content (AvgIpc) is 2.88. The van der Waals surface area contributed by atoms with Crippen molar-refractivity contribution in [3.05, 3.63) is 70.7 Å². The molecule has 0 aliphatic carbocycles. The molecule has 0 aliphatic heterocycles. The topological polar surface area (TPSA) is 12.9 Å². The van der Waals surface area contributed by atoms with E-state index in [1.54, 1.807) is 11.3 Å². The Kier molecular flexibility index (Phi) is 3.93. The second kappa shape index (κ2) is 6.02. The van der Waals surface area contributed by atoms with Crippen LogP contribution < -0.4 is 0 Å². The molecule has 2 aromatic carbocycles. The van der Waals surface area contributed by atoms with Crippen molar-refractivity contribution in [2.75, 3.05) is 0 Å². The summed E-state index contributed by atoms with van der Waals surface area (Å²) in [4.78, 5) is 4.65. The maximum Gasteiger partial charge on any atom is 0.117 e. The van der Waals surface area contributed by atoms with Crippen LogP contribution >= 0.6 is 11.3 Å². The van der Waals surface area contributed by atoms with Crippen LogP contribution in [0.4, 0.5) is 0 Å². The van der Waals surface area contributed by atoms with Gasteiger partial charge >= 0.3 is 0 Å². The quantitative estimate of drug-likeness (QED) is 0.629. The Morgan fingerprint density at radius 1 is 1.05 bits per heavy atom. The predicted molar refractivity (Wildman–Crippen MR) is 88.0 cm³/mol. The van der Waals surface area contributed by atoms with Gasteiger partial charge in [-0.1, -0.05) is 48.0 Å². The van der Waals surface area contributed by atoms with E-state index in [0.717, 1.165) is 23.4 Å². The summed E-state index contributed by atoms with van der Waals surface area (Å²) in [6, 6.07) is 18.9. The fourth-order valence-corrected chi connectivity index (χ4v) is 3.22. The Hall–Kier alpha value is -1.93. The van der Waals surface area contributed by atoms with Gasteiger partial charge in [0.25, 0.3) is 0 Å². The highest BCUT2D eigenvalue weighted by molar-refractivity contribution is 7.19. The molecule has 0 saturated heterocycles. The van der Waals surface area contributed by atoms with Crippen LogP contribution in [-0.2, 0) is 6.42 Å². The summed E-state index contributed by atoms with van der Waals surface area (Å²) in [7, 11) is 0. The van der Waals surface area contributed by atoms with E-state index in [2.05, 4.69) is 66.5 Å². The van der Waals surface area contributed by atoms with E-state index in [4.69, 9.17) is 0 Å². The van der Waals surface area contributed by atoms with Crippen molar-refractivity contribution >= 4 is 27.6 Å². The number of hydrogen-bond acceptors (Lipinski definition) is 2. The normalized spacial score (nSPS) is 11.9. The van der Waals surface area contributed by atoms with Crippen LogP contribution in [0.15, 0.2) is 60.2 Å². The number of nitrogens with zero attached hydrogens (tertiary/aromatic N) is 1. The number of aromatic nitrogens is 1. The lowest BCUT2D eigenvalue weighted by molar-refractivity contribution is 0.948. The molecule has 3 aromatic rings. The minimum Gasteiger partial charge on any atom is -0.237 e. The molecule has 0 amide bonds. The van der Waals surface area contributed by atoms with Gasteiger partial charge in [-0.25, -0.2) is 4.98 Å². The summed E-state index contributed by atoms with van der Waals surface area (Å²) >= 11 is 1.76. The highest BCUT2D eigenvalue weighted by Crippen LogP contribution is 2.24. The molecular weight excluding hydrogens is 262 g/mol. The zero-order chi connectivity index (χ0) is 13.8. The molecule has 0 bridgehead atoms. The third-order valence-electron chi connectivity index (χ3n) is 3.33. The molecule has 1 heterocycles. The largest absolute Gasteiger partial charge is 0.237 e. The van der Waals surface area contributed by atoms with Gasteiger partial charge in [0.1, 0.15) is 5.01 Å². The summed E-state index contributed by atoms with van der Waals surface area (Å²) in [6.45, 7) is 2.19. The van der Waals surface area contributed by atoms with E-state index in [9.17, 15) is 0 Å². The number of benzene rings is 2. The van der Waals surface area contributed by atoms with E-state index >= 15 is 0 Å². The monoisotopic (exact) mass is 279 g/mol. The molecule has 0 spiro atoms. The van der Waals surface area contributed by atoms with Gasteiger partial charge < -0.3 is 0 Å². The second-order valence-corrected chi connectivity index (χ2v) is 6.06. The first kappa shape index (κ1) is 13.1. The average molecular weight is 279 g/mol. The van der Waals surface area contributed by atoms with E-state index < -0.39 is 0 Å². The van der Waals surface area contributed by atoms with E-state index in [0.29, 0.717) is 0 Å². The molecule has 0 N–H and O–H groups in total. The van der Waals surface area contributed by atoms with Crippen molar-refractivity contribution in [3.63, 3.8) is 0 Å². The molecule has 3 rings (SSSR count). The third kappa shape index (κ3) is 3.14. The van der Waals surface area contributed by atoms with E-state index in [-0.39, 0.29) is 0 Å². The molecule has 100 valence electrons. The number of allylic oxidation sites excluding steroid dienone is 1. The van der Waals surface area contributed by atoms with Crippen LogP contribution in [0.5, 0.6) is 0 Å². The molecule has 0 saturated carbocycles. The van der Waals surface area contributed by atoms with Crippen LogP contribution in [0.25, 0.3) is 16.3 Å². The predicted octanol–water partition coefficient (Wildman–Crippen LogP) is 5.33. The molecule has 0 unspecified atom stereocenters. The Morgan fingerprint density at radius 3 is 2.60 bits per heavy atom. The SMILES string of the molecule is C/C(=C\c1nc2ccccc2s1)CCc1ccccc1. The van der Waals surface area contributed by atoms with Gasteiger partial charge in [-0.05, 0) is 43.5 Å². The highest BCUT2D eigenvalue weighted by atomic mass is 32.1. The fraction of sp³-hybridized carbons (Fsp3) is 0.167. The number of hydrogen-bond donors (Lipinski definition) is 0. The molecule has 0 aliphatic rings. The van der Waals surface area contributed by atoms with Crippen LogP contribution in [0.3, 0.4) is 0 Å². The van der Waals surface area contributed by atoms with Gasteiger partial charge in [-0.3, -0.25) is 0 Å². The zero-order valence-electron chi connectivity index (χ0n) is 11.5. The first-order valence-corrected chi connectivity index (χ1v) is 7.69. The molecule has 1 nitrogen and oxygen atoms in total. The maximum absolute atomic E-state index is 4.65. The summed E-state index contributed by atoms with van der Waals surface area (Å²) in [5.41, 5.74) is 3.87. The zero-order valence-corrected chi connectivity index (χ0v) is 12.4. The summed E-state index contributed by atoms with van der Waals surface area (Å²) in [5.74, 6) is 0. The molecule has 0 fully saturated rings. The minimum absolute atomic E-state index is 1.08. The molecular formula is C18H17NS. The Morgan fingerprint density at radius 2 is 1.80 bits per heavy atom. The first-order chi connectivity index (χ1) is 9.81. The maximum atomic E-state index is 4.65. The molecule has 0 atom stereocenters. The number of aryl methyl sites for hydroxylation is 1. The number of thiazole rings is 1. The summed E-state index contributed by atoms with van der Waals surface area (Å²) in [5, 5.41) is 1.11. The summed E-state index contributed by atoms with van der Waals surface area (Å²) in [6.07, 6.45) is 4.39. The van der Waals surface area contributed by atoms with E-state index in [1.165, 1.54) is 15.8 Å². The van der Waals surface area contributed by atoms with Crippen LogP contribution in [-0.4, -0.2) is 4.98 Å². The first-order valence-electron chi connectivity index (χ1n) is 6.88. The smallest absolute Gasteiger partial charge is 0.117 e. The lowest BCUT2D eigenvalue weighted by Gasteiger charge is -2.01. The second-order valence-electron chi connectivity index (χ2n) is 5.00. The lowest BCUT2D eigenvalue weighted by atomic mass is 10.1. The number of rotatable bonds is 4. The minimum atomic E-state index is 1.08. The van der Waals surface area contributed by atoms with Gasteiger partial charge in [0.05, 0.1) is 10.2 Å². The Bertz CT molecular complexity index is 692. The molecule has 1 aromatic heterocycles. The highest BCUT2D eigenvalue weighted by Gasteiger charge is 2.01. The van der Waals surface area contributed by atoms with Crippen molar-refractivity contribution in [1.29, 1.82) is 0 Å². The van der Waals surface area contributed by atoms with Crippen molar-refractivity contribution in [3.8, 4) is 0 Å². The summed E-state index contributed by atoms with van der Waals surface area (Å²) < 4.78 is 1.26. The van der Waals surface area contributed by atoms with E-state index in [1.807, 2.05) is 6.07 Å². The van der Waals surface area contributed by atoms with Crippen molar-refractivity contribution in [1.82, 2.24) is 4.98 Å². The Labute approximate surface area is 123 Å². The van der Waals surface area contributed by atoms with Gasteiger partial charge in [0, 0.05) is 0 Å². The van der Waals surface area contributed by atoms with Gasteiger partial charge in [-0.15, -0.1) is 11.3 Å². The van der Waals surface area contributed by atoms with Crippen molar-refractivity contribution < 1.29 is 0 Å². The van der Waals surface area contributed by atoms with Crippen LogP contribution in [0.2, 0.25) is 0 Å². The van der Waals surface area contributed by atoms with Gasteiger partial charge in [0.15, 0.2) is 0 Å². The van der Waals surface area contributed by atoms with Crippen LogP contribution in [0, 0.1) is 0 Å². The molecule has 0 radical (unpaired) electrons. The third-order valence-corrected chi connectivity index (χ3v) is 4.31. The van der Waals surface area contributed by atoms with Crippen molar-refractivity contribution in [2.24, 2.45) is 0 Å². The fourth-order valence-electron chi connectivity index (χ4n) is 2.22. The lowest BCUT2D eigenvalue weighted by Crippen LogP contribution is -1.86. The van der Waals surface area contributed by atoms with Gasteiger partial charge in [-0.2, -0.15) is 0 Å².